The van der Waals surface area contributed by atoms with Crippen molar-refractivity contribution >= 4 is 17.8 Å². The zero-order valence-electron chi connectivity index (χ0n) is 12.3. The van der Waals surface area contributed by atoms with Crippen molar-refractivity contribution in [3.63, 3.8) is 0 Å². The Balaban J connectivity index is 1.72. The van der Waals surface area contributed by atoms with E-state index in [4.69, 9.17) is 4.74 Å². The summed E-state index contributed by atoms with van der Waals surface area (Å²) in [6.45, 7) is 2.71. The smallest absolute Gasteiger partial charge is 0.308 e. The van der Waals surface area contributed by atoms with Crippen LogP contribution < -0.4 is 16.0 Å². The van der Waals surface area contributed by atoms with E-state index in [1.165, 1.54) is 0 Å². The van der Waals surface area contributed by atoms with E-state index >= 15 is 0 Å². The Morgan fingerprint density at radius 3 is 2.57 bits per heavy atom. The summed E-state index contributed by atoms with van der Waals surface area (Å²) in [6.07, 6.45) is 3.07. The molecule has 3 N–H and O–H groups in total. The molecule has 1 unspecified atom stereocenters. The van der Waals surface area contributed by atoms with Gasteiger partial charge in [-0.25, -0.2) is 0 Å². The van der Waals surface area contributed by atoms with Crippen LogP contribution in [0.15, 0.2) is 0 Å². The molecular formula is C14H23N3O4. The molecule has 1 aliphatic carbocycles. The molecule has 1 saturated heterocycles. The molecule has 2 rings (SSSR count). The average molecular weight is 297 g/mol. The lowest BCUT2D eigenvalue weighted by molar-refractivity contribution is -0.149. The van der Waals surface area contributed by atoms with E-state index in [9.17, 15) is 14.4 Å². The van der Waals surface area contributed by atoms with Gasteiger partial charge in [-0.1, -0.05) is 0 Å². The van der Waals surface area contributed by atoms with Gasteiger partial charge in [-0.05, 0) is 32.6 Å². The highest BCUT2D eigenvalue weighted by Crippen LogP contribution is 2.25. The van der Waals surface area contributed by atoms with Crippen LogP contribution in [0.1, 0.15) is 32.6 Å². The zero-order chi connectivity index (χ0) is 15.2. The van der Waals surface area contributed by atoms with Crippen LogP contribution in [0.3, 0.4) is 0 Å². The summed E-state index contributed by atoms with van der Waals surface area (Å²) in [5.74, 6) is -0.340. The van der Waals surface area contributed by atoms with E-state index in [0.29, 0.717) is 13.2 Å². The number of piperazine rings is 1. The number of amides is 2. The summed E-state index contributed by atoms with van der Waals surface area (Å²) in [6, 6.07) is -0.270. The predicted molar refractivity (Wildman–Crippen MR) is 75.3 cm³/mol. The fourth-order valence-corrected chi connectivity index (χ4v) is 2.79. The van der Waals surface area contributed by atoms with Crippen LogP contribution in [-0.4, -0.2) is 49.6 Å². The second-order valence-electron chi connectivity index (χ2n) is 5.55. The van der Waals surface area contributed by atoms with Crippen molar-refractivity contribution in [1.29, 1.82) is 0 Å². The number of hydrogen-bond donors (Lipinski definition) is 3. The maximum atomic E-state index is 12.1. The number of carbonyl (C=O) groups excluding carboxylic acids is 3. The maximum Gasteiger partial charge on any atom is 0.308 e. The molecule has 0 spiro atoms. The first-order chi connectivity index (χ1) is 10.1. The third-order valence-corrected chi connectivity index (χ3v) is 4.02. The van der Waals surface area contributed by atoms with Crippen LogP contribution in [-0.2, 0) is 19.1 Å². The van der Waals surface area contributed by atoms with Gasteiger partial charge in [0, 0.05) is 12.6 Å². The maximum absolute atomic E-state index is 12.1. The fourth-order valence-electron chi connectivity index (χ4n) is 2.79. The molecule has 0 aromatic heterocycles. The van der Waals surface area contributed by atoms with Gasteiger partial charge in [0.2, 0.25) is 11.8 Å². The second kappa shape index (κ2) is 7.40. The van der Waals surface area contributed by atoms with E-state index in [1.807, 2.05) is 0 Å². The van der Waals surface area contributed by atoms with Gasteiger partial charge in [0.25, 0.3) is 0 Å². The SMILES string of the molecule is CCOC(=O)C1CCC(NC(=O)C2CNC(=O)CN2)CC1. The largest absolute Gasteiger partial charge is 0.466 e. The molecule has 2 aliphatic rings. The van der Waals surface area contributed by atoms with Gasteiger partial charge in [0.1, 0.15) is 6.04 Å². The van der Waals surface area contributed by atoms with Crippen LogP contribution in [0.2, 0.25) is 0 Å². The number of carbonyl (C=O) groups is 3. The van der Waals surface area contributed by atoms with Crippen molar-refractivity contribution in [3.05, 3.63) is 0 Å². The van der Waals surface area contributed by atoms with E-state index < -0.39 is 0 Å². The lowest BCUT2D eigenvalue weighted by Gasteiger charge is -2.30. The van der Waals surface area contributed by atoms with E-state index in [1.54, 1.807) is 6.92 Å². The summed E-state index contributed by atoms with van der Waals surface area (Å²) in [4.78, 5) is 34.7. The first kappa shape index (κ1) is 15.8. The van der Waals surface area contributed by atoms with Crippen molar-refractivity contribution in [2.75, 3.05) is 19.7 Å². The number of hydrogen-bond acceptors (Lipinski definition) is 5. The minimum Gasteiger partial charge on any atom is -0.466 e. The lowest BCUT2D eigenvalue weighted by atomic mass is 9.86. The quantitative estimate of drug-likeness (QED) is 0.597. The molecule has 7 heteroatoms. The van der Waals surface area contributed by atoms with Crippen molar-refractivity contribution in [2.45, 2.75) is 44.7 Å². The minimum absolute atomic E-state index is 0.0369. The standard InChI is InChI=1S/C14H23N3O4/c1-2-21-14(20)9-3-5-10(6-4-9)17-13(19)11-7-16-12(18)8-15-11/h9-11,15H,2-8H2,1H3,(H,16,18)(H,17,19). The molecule has 0 bridgehead atoms. The van der Waals surface area contributed by atoms with Crippen LogP contribution in [0.4, 0.5) is 0 Å². The highest BCUT2D eigenvalue weighted by molar-refractivity contribution is 5.86. The van der Waals surface area contributed by atoms with Crippen LogP contribution >= 0.6 is 0 Å². The second-order valence-corrected chi connectivity index (χ2v) is 5.55. The molecule has 1 atom stereocenters. The molecule has 118 valence electrons. The zero-order valence-corrected chi connectivity index (χ0v) is 12.3. The van der Waals surface area contributed by atoms with Crippen LogP contribution in [0, 0.1) is 5.92 Å². The Hall–Kier alpha value is -1.63. The van der Waals surface area contributed by atoms with Gasteiger partial charge in [-0.3, -0.25) is 19.7 Å². The van der Waals surface area contributed by atoms with Gasteiger partial charge >= 0.3 is 5.97 Å². The monoisotopic (exact) mass is 297 g/mol. The highest BCUT2D eigenvalue weighted by Gasteiger charge is 2.30. The Bertz CT molecular complexity index is 395. The Labute approximate surface area is 124 Å². The first-order valence-electron chi connectivity index (χ1n) is 7.57. The van der Waals surface area contributed by atoms with E-state index in [2.05, 4.69) is 16.0 Å². The van der Waals surface area contributed by atoms with Crippen molar-refractivity contribution in [1.82, 2.24) is 16.0 Å². The first-order valence-corrected chi connectivity index (χ1v) is 7.57. The topological polar surface area (TPSA) is 96.5 Å². The average Bonchev–Trinajstić information content (AvgIpc) is 2.49. The third kappa shape index (κ3) is 4.42. The number of nitrogens with one attached hydrogen (secondary N) is 3. The van der Waals surface area contributed by atoms with Gasteiger partial charge in [0.05, 0.1) is 19.1 Å². The van der Waals surface area contributed by atoms with Gasteiger partial charge in [-0.15, -0.1) is 0 Å². The van der Waals surface area contributed by atoms with Crippen molar-refractivity contribution < 1.29 is 19.1 Å². The third-order valence-electron chi connectivity index (χ3n) is 4.02. The molecular weight excluding hydrogens is 274 g/mol. The summed E-state index contributed by atoms with van der Waals surface area (Å²) in [5, 5.41) is 8.56. The summed E-state index contributed by atoms with van der Waals surface area (Å²) >= 11 is 0. The van der Waals surface area contributed by atoms with Crippen LogP contribution in [0.25, 0.3) is 0 Å². The molecule has 1 aliphatic heterocycles. The minimum atomic E-state index is -0.370. The Kier molecular flexibility index (Phi) is 5.55. The van der Waals surface area contributed by atoms with Crippen molar-refractivity contribution in [3.8, 4) is 0 Å². The predicted octanol–water partition coefficient (Wildman–Crippen LogP) is -0.687. The normalized spacial score (nSPS) is 29.4. The van der Waals surface area contributed by atoms with Gasteiger partial charge in [0.15, 0.2) is 0 Å². The fraction of sp³-hybridized carbons (Fsp3) is 0.786. The lowest BCUT2D eigenvalue weighted by Crippen LogP contribution is -2.59. The number of esters is 1. The molecule has 7 nitrogen and oxygen atoms in total. The van der Waals surface area contributed by atoms with E-state index in [-0.39, 0.29) is 42.3 Å². The summed E-state index contributed by atoms with van der Waals surface area (Å²) in [7, 11) is 0. The molecule has 0 radical (unpaired) electrons. The molecule has 0 aromatic carbocycles. The molecule has 0 aromatic rings. The molecule has 1 saturated carbocycles. The molecule has 21 heavy (non-hydrogen) atoms. The number of ether oxygens (including phenoxy) is 1. The molecule has 2 fully saturated rings. The molecule has 2 amide bonds. The summed E-state index contributed by atoms with van der Waals surface area (Å²) < 4.78 is 5.03. The Morgan fingerprint density at radius 1 is 1.29 bits per heavy atom. The highest BCUT2D eigenvalue weighted by atomic mass is 16.5. The van der Waals surface area contributed by atoms with Crippen molar-refractivity contribution in [2.24, 2.45) is 5.92 Å². The summed E-state index contributed by atoms with van der Waals surface area (Å²) in [5.41, 5.74) is 0. The number of rotatable bonds is 4. The Morgan fingerprint density at radius 2 is 2.00 bits per heavy atom. The van der Waals surface area contributed by atoms with Gasteiger partial charge in [-0.2, -0.15) is 0 Å². The van der Waals surface area contributed by atoms with Crippen LogP contribution in [0.5, 0.6) is 0 Å². The van der Waals surface area contributed by atoms with E-state index in [0.717, 1.165) is 25.7 Å². The molecule has 1 heterocycles. The van der Waals surface area contributed by atoms with Gasteiger partial charge < -0.3 is 15.4 Å².